The fourth-order valence-electron chi connectivity index (χ4n) is 2.33. The van der Waals surface area contributed by atoms with E-state index in [-0.39, 0.29) is 18.2 Å². The van der Waals surface area contributed by atoms with Gasteiger partial charge in [-0.3, -0.25) is 14.9 Å². The summed E-state index contributed by atoms with van der Waals surface area (Å²) in [5.41, 5.74) is 0.873. The highest BCUT2D eigenvalue weighted by atomic mass is 32.1. The predicted octanol–water partition coefficient (Wildman–Crippen LogP) is 2.45. The van der Waals surface area contributed by atoms with E-state index < -0.39 is 17.9 Å². The average molecular weight is 379 g/mol. The second-order valence-electron chi connectivity index (χ2n) is 6.25. The number of nitrogens with one attached hydrogen (secondary N) is 2. The Kier molecular flexibility index (Phi) is 6.51. The molecule has 1 atom stereocenters. The maximum absolute atomic E-state index is 12.1. The lowest BCUT2D eigenvalue weighted by molar-refractivity contribution is -0.142. The average Bonchev–Trinajstić information content (AvgIpc) is 3.15. The van der Waals surface area contributed by atoms with Crippen LogP contribution in [0.2, 0.25) is 0 Å². The van der Waals surface area contributed by atoms with Crippen LogP contribution >= 0.6 is 11.3 Å². The van der Waals surface area contributed by atoms with Crippen LogP contribution in [0.5, 0.6) is 0 Å². The number of hydrogen-bond acceptors (Lipinski definition) is 6. The van der Waals surface area contributed by atoms with Crippen LogP contribution in [0.25, 0.3) is 0 Å². The molecule has 0 spiro atoms. The first-order valence-electron chi connectivity index (χ1n) is 8.08. The first-order valence-corrected chi connectivity index (χ1v) is 8.96. The molecular formula is C17H21N3O5S. The summed E-state index contributed by atoms with van der Waals surface area (Å²) in [6.45, 7) is 5.46. The molecule has 0 aliphatic carbocycles. The summed E-state index contributed by atoms with van der Waals surface area (Å²) < 4.78 is 5.09. The van der Waals surface area contributed by atoms with Crippen LogP contribution in [0.4, 0.5) is 5.13 Å². The van der Waals surface area contributed by atoms with Gasteiger partial charge < -0.3 is 14.8 Å². The van der Waals surface area contributed by atoms with Gasteiger partial charge in [0.15, 0.2) is 5.13 Å². The van der Waals surface area contributed by atoms with Crippen LogP contribution < -0.4 is 10.6 Å². The Morgan fingerprint density at radius 1 is 1.35 bits per heavy atom. The van der Waals surface area contributed by atoms with E-state index in [0.29, 0.717) is 28.6 Å². The number of thiazole rings is 1. The summed E-state index contributed by atoms with van der Waals surface area (Å²) in [5, 5.41) is 16.3. The van der Waals surface area contributed by atoms with Crippen molar-refractivity contribution in [1.82, 2.24) is 10.3 Å². The monoisotopic (exact) mass is 379 g/mol. The molecule has 2 aromatic heterocycles. The van der Waals surface area contributed by atoms with Crippen molar-refractivity contribution in [3.63, 3.8) is 0 Å². The van der Waals surface area contributed by atoms with Crippen molar-refractivity contribution < 1.29 is 23.9 Å². The molecule has 3 N–H and O–H groups in total. The smallest absolute Gasteiger partial charge is 0.326 e. The molecule has 0 saturated heterocycles. The maximum Gasteiger partial charge on any atom is 0.326 e. The Morgan fingerprint density at radius 2 is 2.08 bits per heavy atom. The SMILES string of the molecule is Cc1occc1C(=O)Nc1nc(CC(=O)N[C@H](CC(C)C)C(=O)O)cs1. The summed E-state index contributed by atoms with van der Waals surface area (Å²) in [6, 6.07) is 0.636. The highest BCUT2D eigenvalue weighted by molar-refractivity contribution is 7.14. The van der Waals surface area contributed by atoms with E-state index in [0.717, 1.165) is 0 Å². The van der Waals surface area contributed by atoms with Crippen LogP contribution in [0.3, 0.4) is 0 Å². The molecule has 2 rings (SSSR count). The lowest BCUT2D eigenvalue weighted by Crippen LogP contribution is -2.42. The summed E-state index contributed by atoms with van der Waals surface area (Å²) in [5.74, 6) is -1.18. The van der Waals surface area contributed by atoms with Gasteiger partial charge in [-0.25, -0.2) is 9.78 Å². The number of carbonyl (C=O) groups is 3. The normalized spacial score (nSPS) is 12.0. The standard InChI is InChI=1S/C17H21N3O5S/c1-9(2)6-13(16(23)24)19-14(21)7-11-8-26-17(18-11)20-15(22)12-4-5-25-10(12)3/h4-5,8-9,13H,6-7H2,1-3H3,(H,19,21)(H,23,24)(H,18,20,22)/t13-/m1/s1. The molecule has 140 valence electrons. The third-order valence-electron chi connectivity index (χ3n) is 3.56. The van der Waals surface area contributed by atoms with Gasteiger partial charge in [0.25, 0.3) is 5.91 Å². The molecular weight excluding hydrogens is 358 g/mol. The molecule has 0 aliphatic rings. The van der Waals surface area contributed by atoms with Crippen molar-refractivity contribution in [3.8, 4) is 0 Å². The van der Waals surface area contributed by atoms with Crippen LogP contribution in [-0.4, -0.2) is 33.9 Å². The number of carbonyl (C=O) groups excluding carboxylic acids is 2. The number of aryl methyl sites for hydroxylation is 1. The predicted molar refractivity (Wildman–Crippen MR) is 96.2 cm³/mol. The minimum atomic E-state index is -1.06. The molecule has 0 aliphatic heterocycles. The van der Waals surface area contributed by atoms with Gasteiger partial charge in [0.1, 0.15) is 11.8 Å². The molecule has 0 unspecified atom stereocenters. The molecule has 26 heavy (non-hydrogen) atoms. The van der Waals surface area contributed by atoms with Gasteiger partial charge in [-0.1, -0.05) is 13.8 Å². The number of nitrogens with zero attached hydrogens (tertiary/aromatic N) is 1. The minimum Gasteiger partial charge on any atom is -0.480 e. The van der Waals surface area contributed by atoms with Gasteiger partial charge in [0, 0.05) is 5.38 Å². The minimum absolute atomic E-state index is 0.0566. The van der Waals surface area contributed by atoms with Crippen LogP contribution in [0, 0.1) is 12.8 Å². The quantitative estimate of drug-likeness (QED) is 0.648. The van der Waals surface area contributed by atoms with Crippen molar-refractivity contribution >= 4 is 34.3 Å². The number of rotatable bonds is 8. The van der Waals surface area contributed by atoms with Gasteiger partial charge in [-0.05, 0) is 25.3 Å². The lowest BCUT2D eigenvalue weighted by atomic mass is 10.0. The van der Waals surface area contributed by atoms with Crippen molar-refractivity contribution in [2.75, 3.05) is 5.32 Å². The molecule has 0 radical (unpaired) electrons. The van der Waals surface area contributed by atoms with E-state index in [1.54, 1.807) is 18.4 Å². The number of aromatic nitrogens is 1. The number of carboxylic acids is 1. The van der Waals surface area contributed by atoms with Crippen molar-refractivity contribution in [1.29, 1.82) is 0 Å². The zero-order valence-corrected chi connectivity index (χ0v) is 15.6. The molecule has 0 bridgehead atoms. The maximum atomic E-state index is 12.1. The zero-order valence-electron chi connectivity index (χ0n) is 14.7. The number of carboxylic acid groups (broad SMARTS) is 1. The fraction of sp³-hybridized carbons (Fsp3) is 0.412. The molecule has 2 heterocycles. The van der Waals surface area contributed by atoms with Gasteiger partial charge in [0.05, 0.1) is 23.9 Å². The number of amides is 2. The summed E-state index contributed by atoms with van der Waals surface area (Å²) in [4.78, 5) is 39.6. The molecule has 2 aromatic rings. The molecule has 9 heteroatoms. The van der Waals surface area contributed by atoms with Gasteiger partial charge >= 0.3 is 5.97 Å². The molecule has 8 nitrogen and oxygen atoms in total. The topological polar surface area (TPSA) is 122 Å². The van der Waals surface area contributed by atoms with Crippen molar-refractivity contribution in [2.24, 2.45) is 5.92 Å². The van der Waals surface area contributed by atoms with E-state index in [1.807, 2.05) is 13.8 Å². The summed E-state index contributed by atoms with van der Waals surface area (Å²) >= 11 is 1.19. The van der Waals surface area contributed by atoms with E-state index in [1.165, 1.54) is 17.6 Å². The first-order chi connectivity index (χ1) is 12.3. The van der Waals surface area contributed by atoms with Crippen LogP contribution in [0.1, 0.15) is 42.1 Å². The van der Waals surface area contributed by atoms with Crippen molar-refractivity contribution in [3.05, 3.63) is 34.7 Å². The Balaban J connectivity index is 1.93. The zero-order chi connectivity index (χ0) is 19.3. The van der Waals surface area contributed by atoms with E-state index in [2.05, 4.69) is 15.6 Å². The number of furan rings is 1. The highest BCUT2D eigenvalue weighted by Gasteiger charge is 2.21. The van der Waals surface area contributed by atoms with E-state index in [4.69, 9.17) is 9.52 Å². The first kappa shape index (κ1) is 19.6. The Morgan fingerprint density at radius 3 is 2.65 bits per heavy atom. The second-order valence-corrected chi connectivity index (χ2v) is 7.11. The lowest BCUT2D eigenvalue weighted by Gasteiger charge is -2.16. The largest absolute Gasteiger partial charge is 0.480 e. The number of aliphatic carboxylic acids is 1. The third-order valence-corrected chi connectivity index (χ3v) is 4.36. The van der Waals surface area contributed by atoms with Gasteiger partial charge in [-0.2, -0.15) is 0 Å². The molecule has 2 amide bonds. The second kappa shape index (κ2) is 8.61. The Labute approximate surface area is 154 Å². The number of anilines is 1. The van der Waals surface area contributed by atoms with Crippen LogP contribution in [0.15, 0.2) is 22.1 Å². The Bertz CT molecular complexity index is 796. The van der Waals surface area contributed by atoms with E-state index in [9.17, 15) is 14.4 Å². The molecule has 0 fully saturated rings. The highest BCUT2D eigenvalue weighted by Crippen LogP contribution is 2.18. The van der Waals surface area contributed by atoms with E-state index >= 15 is 0 Å². The van der Waals surface area contributed by atoms with Crippen LogP contribution in [-0.2, 0) is 16.0 Å². The van der Waals surface area contributed by atoms with Crippen molar-refractivity contribution in [2.45, 2.75) is 39.7 Å². The molecule has 0 saturated carbocycles. The summed E-state index contributed by atoms with van der Waals surface area (Å²) in [6.07, 6.45) is 1.72. The van der Waals surface area contributed by atoms with Gasteiger partial charge in [-0.15, -0.1) is 11.3 Å². The fourth-order valence-corrected chi connectivity index (χ4v) is 3.04. The number of hydrogen-bond donors (Lipinski definition) is 3. The summed E-state index contributed by atoms with van der Waals surface area (Å²) in [7, 11) is 0. The Hall–Kier alpha value is -2.68. The third kappa shape index (κ3) is 5.41. The molecule has 0 aromatic carbocycles. The van der Waals surface area contributed by atoms with Gasteiger partial charge in [0.2, 0.25) is 5.91 Å².